The van der Waals surface area contributed by atoms with Gasteiger partial charge < -0.3 is 5.73 Å². The standard InChI is InChI=1S/C5H8N2/c1-2-4-7-5-3-6/h1,4H,3,5-6H2. The van der Waals surface area contributed by atoms with Crippen LogP contribution in [0.4, 0.5) is 0 Å². The lowest BCUT2D eigenvalue weighted by atomic mass is 10.6. The van der Waals surface area contributed by atoms with E-state index < -0.39 is 0 Å². The fraction of sp³-hybridized carbons (Fsp3) is 0.400. The van der Waals surface area contributed by atoms with Gasteiger partial charge >= 0.3 is 0 Å². The first kappa shape index (κ1) is 6.19. The molecule has 7 heavy (non-hydrogen) atoms. The number of rotatable bonds is 2. The summed E-state index contributed by atoms with van der Waals surface area (Å²) in [4.78, 5) is 3.72. The number of terminal acetylenes is 1. The molecule has 0 saturated carbocycles. The average Bonchev–Trinajstić information content (AvgIpc) is 1.69. The number of hydrogen-bond donors (Lipinski definition) is 1. The summed E-state index contributed by atoms with van der Waals surface area (Å²) in [5, 5.41) is 0. The summed E-state index contributed by atoms with van der Waals surface area (Å²) >= 11 is 0. The first-order valence-corrected chi connectivity index (χ1v) is 2.06. The highest BCUT2D eigenvalue weighted by atomic mass is 14.7. The van der Waals surface area contributed by atoms with Crippen LogP contribution in [0.25, 0.3) is 0 Å². The van der Waals surface area contributed by atoms with Gasteiger partial charge in [0.2, 0.25) is 0 Å². The molecule has 0 radical (unpaired) electrons. The van der Waals surface area contributed by atoms with Gasteiger partial charge in [0.05, 0.1) is 12.8 Å². The molecule has 0 rings (SSSR count). The van der Waals surface area contributed by atoms with Crippen LogP contribution in [-0.4, -0.2) is 19.3 Å². The third-order valence-corrected chi connectivity index (χ3v) is 0.424. The van der Waals surface area contributed by atoms with E-state index in [0.717, 1.165) is 0 Å². The van der Waals surface area contributed by atoms with Crippen molar-refractivity contribution in [2.24, 2.45) is 10.7 Å². The number of nitrogens with zero attached hydrogens (tertiary/aromatic N) is 1. The zero-order valence-corrected chi connectivity index (χ0v) is 4.09. The number of aliphatic imine (C=N–C) groups is 1. The Hall–Kier alpha value is -0.810. The van der Waals surface area contributed by atoms with Gasteiger partial charge in [0.1, 0.15) is 0 Å². The van der Waals surface area contributed by atoms with Gasteiger partial charge in [-0.05, 0) is 0 Å². The third kappa shape index (κ3) is 5.19. The lowest BCUT2D eigenvalue weighted by Crippen LogP contribution is -2.01. The van der Waals surface area contributed by atoms with Gasteiger partial charge in [-0.3, -0.25) is 4.99 Å². The van der Waals surface area contributed by atoms with Crippen LogP contribution in [0.5, 0.6) is 0 Å². The molecule has 0 aliphatic rings. The molecule has 0 saturated heterocycles. The summed E-state index contributed by atoms with van der Waals surface area (Å²) in [6, 6.07) is 0. The highest BCUT2D eigenvalue weighted by Crippen LogP contribution is 1.58. The van der Waals surface area contributed by atoms with Crippen LogP contribution in [0.3, 0.4) is 0 Å². The summed E-state index contributed by atoms with van der Waals surface area (Å²) in [7, 11) is 0. The van der Waals surface area contributed by atoms with Crippen LogP contribution in [0.2, 0.25) is 0 Å². The minimum absolute atomic E-state index is 0.568. The van der Waals surface area contributed by atoms with Gasteiger partial charge in [-0.1, -0.05) is 5.92 Å². The Kier molecular flexibility index (Phi) is 4.59. The van der Waals surface area contributed by atoms with Crippen LogP contribution in [0.15, 0.2) is 4.99 Å². The number of hydrogen-bond acceptors (Lipinski definition) is 2. The molecule has 0 amide bonds. The van der Waals surface area contributed by atoms with E-state index in [4.69, 9.17) is 12.2 Å². The Balaban J connectivity index is 2.97. The van der Waals surface area contributed by atoms with Crippen LogP contribution in [0, 0.1) is 12.3 Å². The van der Waals surface area contributed by atoms with E-state index in [1.54, 1.807) is 0 Å². The molecule has 2 N–H and O–H groups in total. The maximum atomic E-state index is 5.09. The Morgan fingerprint density at radius 1 is 1.86 bits per heavy atom. The molecule has 0 heterocycles. The maximum absolute atomic E-state index is 5.09. The van der Waals surface area contributed by atoms with Crippen LogP contribution >= 0.6 is 0 Å². The smallest absolute Gasteiger partial charge is 0.0708 e. The quantitative estimate of drug-likeness (QED) is 0.370. The van der Waals surface area contributed by atoms with Crippen molar-refractivity contribution in [1.29, 1.82) is 0 Å². The molecule has 2 heteroatoms. The van der Waals surface area contributed by atoms with Crippen LogP contribution in [-0.2, 0) is 0 Å². The number of nitrogens with two attached hydrogens (primary N) is 1. The van der Waals surface area contributed by atoms with Crippen molar-refractivity contribution in [2.45, 2.75) is 0 Å². The fourth-order valence-corrected chi connectivity index (χ4v) is 0.192. The molecule has 0 aromatic heterocycles. The summed E-state index contributed by atoms with van der Waals surface area (Å²) in [6.45, 7) is 1.20. The van der Waals surface area contributed by atoms with Crippen molar-refractivity contribution < 1.29 is 0 Å². The second-order valence-corrected chi connectivity index (χ2v) is 0.991. The first-order chi connectivity index (χ1) is 3.41. The van der Waals surface area contributed by atoms with E-state index in [1.807, 2.05) is 0 Å². The molecular weight excluding hydrogens is 88.1 g/mol. The molecule has 0 unspecified atom stereocenters. The van der Waals surface area contributed by atoms with E-state index >= 15 is 0 Å². The largest absolute Gasteiger partial charge is 0.329 e. The van der Waals surface area contributed by atoms with Crippen LogP contribution < -0.4 is 5.73 Å². The zero-order chi connectivity index (χ0) is 5.54. The van der Waals surface area contributed by atoms with Gasteiger partial charge in [0, 0.05) is 6.54 Å². The van der Waals surface area contributed by atoms with Gasteiger partial charge in [-0.25, -0.2) is 0 Å². The molecule has 0 aliphatic heterocycles. The van der Waals surface area contributed by atoms with E-state index in [-0.39, 0.29) is 0 Å². The minimum Gasteiger partial charge on any atom is -0.329 e. The molecule has 0 fully saturated rings. The van der Waals surface area contributed by atoms with Crippen molar-refractivity contribution in [3.05, 3.63) is 0 Å². The summed E-state index contributed by atoms with van der Waals surface area (Å²) in [5.41, 5.74) is 5.09. The highest BCUT2D eigenvalue weighted by Gasteiger charge is 1.65. The van der Waals surface area contributed by atoms with E-state index in [2.05, 4.69) is 10.9 Å². The second-order valence-electron chi connectivity index (χ2n) is 0.991. The lowest BCUT2D eigenvalue weighted by Gasteiger charge is -1.78. The topological polar surface area (TPSA) is 38.4 Å². The molecule has 0 aromatic carbocycles. The van der Waals surface area contributed by atoms with Crippen LogP contribution in [0.1, 0.15) is 0 Å². The minimum atomic E-state index is 0.568. The van der Waals surface area contributed by atoms with Gasteiger partial charge in [0.25, 0.3) is 0 Å². The predicted molar refractivity (Wildman–Crippen MR) is 31.2 cm³/mol. The summed E-state index contributed by atoms with van der Waals surface area (Å²) < 4.78 is 0. The molecule has 0 atom stereocenters. The van der Waals surface area contributed by atoms with E-state index in [9.17, 15) is 0 Å². The molecule has 0 aromatic rings. The molecule has 0 aliphatic carbocycles. The molecular formula is C5H8N2. The average molecular weight is 96.1 g/mol. The SMILES string of the molecule is C#CC=NCCN. The zero-order valence-electron chi connectivity index (χ0n) is 4.09. The first-order valence-electron chi connectivity index (χ1n) is 2.06. The normalized spacial score (nSPS) is 9.14. The summed E-state index contributed by atoms with van der Waals surface area (Å²) in [5.74, 6) is 2.26. The Morgan fingerprint density at radius 3 is 3.00 bits per heavy atom. The molecule has 38 valence electrons. The van der Waals surface area contributed by atoms with Gasteiger partial charge in [-0.15, -0.1) is 6.42 Å². The third-order valence-electron chi connectivity index (χ3n) is 0.424. The van der Waals surface area contributed by atoms with Gasteiger partial charge in [0.15, 0.2) is 0 Å². The predicted octanol–water partition coefficient (Wildman–Crippen LogP) is -0.351. The van der Waals surface area contributed by atoms with Crippen molar-refractivity contribution in [2.75, 3.05) is 13.1 Å². The highest BCUT2D eigenvalue weighted by molar-refractivity contribution is 5.77. The fourth-order valence-electron chi connectivity index (χ4n) is 0.192. The van der Waals surface area contributed by atoms with Crippen molar-refractivity contribution in [1.82, 2.24) is 0 Å². The molecule has 0 spiro atoms. The molecule has 2 nitrogen and oxygen atoms in total. The van der Waals surface area contributed by atoms with Crippen molar-refractivity contribution in [3.63, 3.8) is 0 Å². The summed E-state index contributed by atoms with van der Waals surface area (Å²) in [6.07, 6.45) is 6.24. The van der Waals surface area contributed by atoms with E-state index in [0.29, 0.717) is 13.1 Å². The van der Waals surface area contributed by atoms with Crippen molar-refractivity contribution in [3.8, 4) is 12.3 Å². The second kappa shape index (κ2) is 5.19. The molecule has 0 bridgehead atoms. The Labute approximate surface area is 43.4 Å². The monoisotopic (exact) mass is 96.1 g/mol. The Morgan fingerprint density at radius 2 is 2.57 bits per heavy atom. The maximum Gasteiger partial charge on any atom is 0.0708 e. The van der Waals surface area contributed by atoms with Crippen molar-refractivity contribution >= 4 is 6.21 Å². The van der Waals surface area contributed by atoms with E-state index in [1.165, 1.54) is 6.21 Å². The van der Waals surface area contributed by atoms with Gasteiger partial charge in [-0.2, -0.15) is 0 Å². The lowest BCUT2D eigenvalue weighted by molar-refractivity contribution is 0.982. The Bertz CT molecular complexity index is 88.7.